The van der Waals surface area contributed by atoms with E-state index in [4.69, 9.17) is 0 Å². The second kappa shape index (κ2) is 5.70. The third kappa shape index (κ3) is 5.38. The van der Waals surface area contributed by atoms with Gasteiger partial charge in [-0.1, -0.05) is 13.8 Å². The van der Waals surface area contributed by atoms with Crippen LogP contribution in [-0.4, -0.2) is 33.5 Å². The standard InChI is InChI=1S/C13H27NO2S/c1-13(2)8-5-11(6-9-13)12(14-3)7-10-17(4,15)16/h11-12,14H,5-10H2,1-4H3. The Morgan fingerprint density at radius 2 is 1.82 bits per heavy atom. The zero-order chi connectivity index (χ0) is 13.1. The molecule has 102 valence electrons. The van der Waals surface area contributed by atoms with Crippen molar-refractivity contribution in [2.24, 2.45) is 11.3 Å². The summed E-state index contributed by atoms with van der Waals surface area (Å²) in [4.78, 5) is 0. The van der Waals surface area contributed by atoms with Crippen molar-refractivity contribution >= 4 is 9.84 Å². The van der Waals surface area contributed by atoms with E-state index in [2.05, 4.69) is 19.2 Å². The summed E-state index contributed by atoms with van der Waals surface area (Å²) < 4.78 is 22.4. The van der Waals surface area contributed by atoms with Crippen LogP contribution >= 0.6 is 0 Å². The lowest BCUT2D eigenvalue weighted by molar-refractivity contribution is 0.162. The fourth-order valence-electron chi connectivity index (χ4n) is 2.78. The van der Waals surface area contributed by atoms with Crippen molar-refractivity contribution in [1.82, 2.24) is 5.32 Å². The first-order valence-electron chi connectivity index (χ1n) is 6.58. The van der Waals surface area contributed by atoms with Crippen molar-refractivity contribution < 1.29 is 8.42 Å². The van der Waals surface area contributed by atoms with Crippen LogP contribution in [0.4, 0.5) is 0 Å². The summed E-state index contributed by atoms with van der Waals surface area (Å²) in [6.45, 7) is 4.65. The van der Waals surface area contributed by atoms with E-state index in [1.807, 2.05) is 7.05 Å². The normalized spacial score (nSPS) is 23.5. The minimum Gasteiger partial charge on any atom is -0.317 e. The highest BCUT2D eigenvalue weighted by Gasteiger charge is 2.30. The lowest BCUT2D eigenvalue weighted by Gasteiger charge is -2.38. The Bertz CT molecular complexity index is 325. The average molecular weight is 261 g/mol. The number of nitrogens with one attached hydrogen (secondary N) is 1. The molecule has 0 saturated heterocycles. The van der Waals surface area contributed by atoms with Gasteiger partial charge in [-0.2, -0.15) is 0 Å². The molecule has 0 bridgehead atoms. The fraction of sp³-hybridized carbons (Fsp3) is 1.00. The largest absolute Gasteiger partial charge is 0.317 e. The molecule has 0 aromatic heterocycles. The van der Waals surface area contributed by atoms with Gasteiger partial charge in [-0.25, -0.2) is 8.42 Å². The van der Waals surface area contributed by atoms with Crippen LogP contribution < -0.4 is 5.32 Å². The van der Waals surface area contributed by atoms with E-state index in [1.165, 1.54) is 31.9 Å². The predicted molar refractivity (Wildman–Crippen MR) is 72.9 cm³/mol. The molecule has 0 aliphatic heterocycles. The molecule has 1 unspecified atom stereocenters. The molecule has 0 heterocycles. The minimum absolute atomic E-state index is 0.304. The summed E-state index contributed by atoms with van der Waals surface area (Å²) in [5.41, 5.74) is 0.478. The third-order valence-electron chi connectivity index (χ3n) is 4.12. The van der Waals surface area contributed by atoms with Crippen LogP contribution in [0.1, 0.15) is 46.0 Å². The molecule has 1 N–H and O–H groups in total. The molecule has 1 atom stereocenters. The highest BCUT2D eigenvalue weighted by molar-refractivity contribution is 7.90. The zero-order valence-electron chi connectivity index (χ0n) is 11.6. The van der Waals surface area contributed by atoms with Crippen LogP contribution in [-0.2, 0) is 9.84 Å². The van der Waals surface area contributed by atoms with Crippen molar-refractivity contribution in [3.63, 3.8) is 0 Å². The van der Waals surface area contributed by atoms with Crippen molar-refractivity contribution in [3.8, 4) is 0 Å². The van der Waals surface area contributed by atoms with Crippen LogP contribution in [0.15, 0.2) is 0 Å². The highest BCUT2D eigenvalue weighted by atomic mass is 32.2. The maximum absolute atomic E-state index is 11.2. The molecular weight excluding hydrogens is 234 g/mol. The molecule has 1 saturated carbocycles. The van der Waals surface area contributed by atoms with Gasteiger partial charge in [0.05, 0.1) is 5.75 Å². The Balaban J connectivity index is 2.46. The summed E-state index contributed by atoms with van der Waals surface area (Å²) >= 11 is 0. The van der Waals surface area contributed by atoms with Gasteiger partial charge in [0.25, 0.3) is 0 Å². The summed E-state index contributed by atoms with van der Waals surface area (Å²) in [5.74, 6) is 0.952. The van der Waals surface area contributed by atoms with Crippen LogP contribution in [0.5, 0.6) is 0 Å². The maximum atomic E-state index is 11.2. The molecule has 17 heavy (non-hydrogen) atoms. The summed E-state index contributed by atoms with van der Waals surface area (Å²) in [6, 6.07) is 0.362. The van der Waals surface area contributed by atoms with Gasteiger partial charge in [0.15, 0.2) is 0 Å². The van der Waals surface area contributed by atoms with Gasteiger partial charge in [-0.3, -0.25) is 0 Å². The van der Waals surface area contributed by atoms with Gasteiger partial charge in [0.2, 0.25) is 0 Å². The second-order valence-corrected chi connectivity index (χ2v) is 8.58. The average Bonchev–Trinajstić information content (AvgIpc) is 2.19. The molecule has 1 rings (SSSR count). The van der Waals surface area contributed by atoms with E-state index >= 15 is 0 Å². The third-order valence-corrected chi connectivity index (χ3v) is 5.10. The molecule has 1 aliphatic carbocycles. The van der Waals surface area contributed by atoms with Gasteiger partial charge in [-0.15, -0.1) is 0 Å². The van der Waals surface area contributed by atoms with E-state index < -0.39 is 9.84 Å². The summed E-state index contributed by atoms with van der Waals surface area (Å²) in [6.07, 6.45) is 7.04. The lowest BCUT2D eigenvalue weighted by atomic mass is 9.71. The topological polar surface area (TPSA) is 46.2 Å². The Labute approximate surface area is 106 Å². The quantitative estimate of drug-likeness (QED) is 0.825. The minimum atomic E-state index is -2.83. The Morgan fingerprint density at radius 1 is 1.29 bits per heavy atom. The zero-order valence-corrected chi connectivity index (χ0v) is 12.4. The number of rotatable bonds is 5. The van der Waals surface area contributed by atoms with E-state index in [-0.39, 0.29) is 0 Å². The maximum Gasteiger partial charge on any atom is 0.147 e. The molecule has 0 radical (unpaired) electrons. The molecule has 0 spiro atoms. The predicted octanol–water partition coefficient (Wildman–Crippen LogP) is 2.23. The molecule has 0 aromatic carbocycles. The highest BCUT2D eigenvalue weighted by Crippen LogP contribution is 2.39. The van der Waals surface area contributed by atoms with E-state index in [1.54, 1.807) is 0 Å². The summed E-state index contributed by atoms with van der Waals surface area (Å²) in [5, 5.41) is 3.31. The van der Waals surface area contributed by atoms with Crippen LogP contribution in [0, 0.1) is 11.3 Å². The Hall–Kier alpha value is -0.0900. The van der Waals surface area contributed by atoms with Crippen LogP contribution in [0.3, 0.4) is 0 Å². The first kappa shape index (κ1) is 15.0. The molecule has 3 nitrogen and oxygen atoms in total. The van der Waals surface area contributed by atoms with E-state index in [0.717, 1.165) is 6.42 Å². The second-order valence-electron chi connectivity index (χ2n) is 6.32. The van der Waals surface area contributed by atoms with Crippen molar-refractivity contribution in [2.45, 2.75) is 52.0 Å². The van der Waals surface area contributed by atoms with E-state index in [0.29, 0.717) is 23.1 Å². The molecule has 4 heteroatoms. The van der Waals surface area contributed by atoms with Gasteiger partial charge < -0.3 is 5.32 Å². The molecular formula is C13H27NO2S. The molecule has 1 aliphatic rings. The van der Waals surface area contributed by atoms with E-state index in [9.17, 15) is 8.42 Å². The Kier molecular flexibility index (Phi) is 5.02. The smallest absolute Gasteiger partial charge is 0.147 e. The number of sulfone groups is 1. The van der Waals surface area contributed by atoms with Crippen LogP contribution in [0.25, 0.3) is 0 Å². The Morgan fingerprint density at radius 3 is 2.24 bits per heavy atom. The van der Waals surface area contributed by atoms with Gasteiger partial charge in [0.1, 0.15) is 9.84 Å². The SMILES string of the molecule is CNC(CCS(C)(=O)=O)C1CCC(C)(C)CC1. The van der Waals surface area contributed by atoms with Gasteiger partial charge in [-0.05, 0) is 50.5 Å². The van der Waals surface area contributed by atoms with Gasteiger partial charge in [0, 0.05) is 12.3 Å². The molecule has 0 aromatic rings. The summed E-state index contributed by atoms with van der Waals surface area (Å²) in [7, 11) is -0.880. The molecule has 1 fully saturated rings. The number of hydrogen-bond acceptors (Lipinski definition) is 3. The van der Waals surface area contributed by atoms with Crippen molar-refractivity contribution in [3.05, 3.63) is 0 Å². The van der Waals surface area contributed by atoms with Crippen LogP contribution in [0.2, 0.25) is 0 Å². The molecule has 0 amide bonds. The first-order chi connectivity index (χ1) is 7.73. The first-order valence-corrected chi connectivity index (χ1v) is 8.64. The van der Waals surface area contributed by atoms with Crippen molar-refractivity contribution in [2.75, 3.05) is 19.1 Å². The monoisotopic (exact) mass is 261 g/mol. The number of hydrogen-bond donors (Lipinski definition) is 1. The van der Waals surface area contributed by atoms with Gasteiger partial charge >= 0.3 is 0 Å². The lowest BCUT2D eigenvalue weighted by Crippen LogP contribution is -2.38. The fourth-order valence-corrected chi connectivity index (χ4v) is 3.46. The van der Waals surface area contributed by atoms with Crippen molar-refractivity contribution in [1.29, 1.82) is 0 Å².